The van der Waals surface area contributed by atoms with E-state index in [0.29, 0.717) is 0 Å². The molecule has 0 aliphatic carbocycles. The summed E-state index contributed by atoms with van der Waals surface area (Å²) in [5.74, 6) is 2.63. The average molecular weight is 508 g/mol. The van der Waals surface area contributed by atoms with Crippen LogP contribution in [0.15, 0.2) is 59.3 Å². The normalized spacial score (nSPS) is 19.8. The lowest BCUT2D eigenvalue weighted by Gasteiger charge is -2.30. The fourth-order valence-electron chi connectivity index (χ4n) is 6.96. The van der Waals surface area contributed by atoms with Crippen LogP contribution >= 0.6 is 0 Å². The lowest BCUT2D eigenvalue weighted by Crippen LogP contribution is -2.41. The van der Waals surface area contributed by atoms with Gasteiger partial charge in [-0.3, -0.25) is 0 Å². The van der Waals surface area contributed by atoms with Gasteiger partial charge in [0.25, 0.3) is 0 Å². The van der Waals surface area contributed by atoms with Crippen molar-refractivity contribution in [1.82, 2.24) is 19.6 Å². The van der Waals surface area contributed by atoms with Crippen LogP contribution in [0.25, 0.3) is 27.6 Å². The van der Waals surface area contributed by atoms with E-state index >= 15 is 0 Å². The molecule has 5 nitrogen and oxygen atoms in total. The quantitative estimate of drug-likeness (QED) is 0.224. The number of rotatable bonds is 4. The zero-order chi connectivity index (χ0) is 25.3. The Morgan fingerprint density at radius 3 is 1.55 bits per heavy atom. The fourth-order valence-corrected chi connectivity index (χ4v) is 6.96. The highest BCUT2D eigenvalue weighted by molar-refractivity contribution is 6.07. The Bertz CT molecular complexity index is 1210. The molecule has 0 bridgehead atoms. The second kappa shape index (κ2) is 10.5. The van der Waals surface area contributed by atoms with Crippen LogP contribution in [0.1, 0.15) is 56.9 Å². The number of nitrogens with zero attached hydrogens (tertiary/aromatic N) is 5. The maximum atomic E-state index is 5.46. The van der Waals surface area contributed by atoms with Crippen LogP contribution in [0.2, 0.25) is 0 Å². The van der Waals surface area contributed by atoms with E-state index < -0.39 is 0 Å². The summed E-state index contributed by atoms with van der Waals surface area (Å²) in [7, 11) is 0. The monoisotopic (exact) mass is 507 g/mol. The Kier molecular flexibility index (Phi) is 6.60. The Labute approximate surface area is 227 Å². The lowest BCUT2D eigenvalue weighted by molar-refractivity contribution is 0.274. The van der Waals surface area contributed by atoms with Crippen molar-refractivity contribution in [3.63, 3.8) is 0 Å². The van der Waals surface area contributed by atoms with Gasteiger partial charge in [0, 0.05) is 57.7 Å². The molecular weight excluding hydrogens is 466 g/mol. The number of likely N-dealkylation sites (tertiary alicyclic amines) is 4. The summed E-state index contributed by atoms with van der Waals surface area (Å²) in [4.78, 5) is 15.8. The van der Waals surface area contributed by atoms with E-state index in [1.807, 2.05) is 0 Å². The van der Waals surface area contributed by atoms with Crippen LogP contribution in [0.4, 0.5) is 5.69 Å². The smallest absolute Gasteiger partial charge is 0.201 e. The summed E-state index contributed by atoms with van der Waals surface area (Å²) in [6.45, 7) is 9.25. The summed E-state index contributed by atoms with van der Waals surface area (Å²) in [6, 6.07) is 18.2. The van der Waals surface area contributed by atoms with Gasteiger partial charge in [0.05, 0.1) is 5.69 Å². The highest BCUT2D eigenvalue weighted by Crippen LogP contribution is 2.36. The molecule has 4 aliphatic rings. The van der Waals surface area contributed by atoms with Gasteiger partial charge in [-0.1, -0.05) is 30.3 Å². The van der Waals surface area contributed by atoms with Gasteiger partial charge in [-0.2, -0.15) is 0 Å². The molecule has 3 aromatic rings. The predicted octanol–water partition coefficient (Wildman–Crippen LogP) is 6.66. The average Bonchev–Trinajstić information content (AvgIpc) is 3.78. The molecule has 0 amide bonds. The van der Waals surface area contributed by atoms with Crippen LogP contribution in [-0.2, 0) is 0 Å². The number of guanidine groups is 1. The van der Waals surface area contributed by atoms with E-state index in [0.717, 1.165) is 31.9 Å². The minimum absolute atomic E-state index is 1.11. The van der Waals surface area contributed by atoms with Crippen molar-refractivity contribution in [2.45, 2.75) is 51.4 Å². The largest absolute Gasteiger partial charge is 0.358 e. The van der Waals surface area contributed by atoms with Gasteiger partial charge < -0.3 is 19.6 Å². The Morgan fingerprint density at radius 2 is 1.03 bits per heavy atom. The molecule has 0 aromatic heterocycles. The number of aliphatic imine (C=N–C) groups is 1. The van der Waals surface area contributed by atoms with Crippen LogP contribution in [0, 0.1) is 0 Å². The van der Waals surface area contributed by atoms with Crippen molar-refractivity contribution >= 4 is 39.3 Å². The van der Waals surface area contributed by atoms with Crippen LogP contribution < -0.4 is 0 Å². The van der Waals surface area contributed by atoms with E-state index in [1.54, 1.807) is 0 Å². The Morgan fingerprint density at radius 1 is 0.553 bits per heavy atom. The van der Waals surface area contributed by atoms with E-state index in [2.05, 4.69) is 74.2 Å². The molecule has 7 rings (SSSR count). The molecule has 4 heterocycles. The zero-order valence-electron chi connectivity index (χ0n) is 22.7. The molecule has 0 spiro atoms. The molecule has 4 fully saturated rings. The fraction of sp³-hybridized carbons (Fsp3) is 0.485. The van der Waals surface area contributed by atoms with Crippen molar-refractivity contribution < 1.29 is 0 Å². The first kappa shape index (κ1) is 23.9. The van der Waals surface area contributed by atoms with Crippen molar-refractivity contribution in [3.8, 4) is 0 Å². The summed E-state index contributed by atoms with van der Waals surface area (Å²) in [5, 5.41) is 5.19. The molecule has 0 saturated carbocycles. The summed E-state index contributed by atoms with van der Waals surface area (Å²) in [6.07, 6.45) is 12.8. The van der Waals surface area contributed by atoms with Gasteiger partial charge in [-0.15, -0.1) is 0 Å². The van der Waals surface area contributed by atoms with E-state index in [9.17, 15) is 0 Å². The standard InChI is InChI=1S/C33H41N5/c1-2-12-27-24-30-29(23-26(27)11-1)28(25-32(35-15-3-4-16-35)36-17-5-6-18-36)13-14-31(30)34-33(37-19-7-8-20-37)38-21-9-10-22-38/h1-2,11-14,23-25H,3-10,15-22H2. The van der Waals surface area contributed by atoms with Gasteiger partial charge in [0.2, 0.25) is 5.96 Å². The number of hydrogen-bond donors (Lipinski definition) is 0. The summed E-state index contributed by atoms with van der Waals surface area (Å²) < 4.78 is 0. The van der Waals surface area contributed by atoms with Crippen molar-refractivity contribution in [3.05, 3.63) is 59.9 Å². The molecule has 3 aromatic carbocycles. The van der Waals surface area contributed by atoms with Gasteiger partial charge in [0.1, 0.15) is 5.82 Å². The van der Waals surface area contributed by atoms with Gasteiger partial charge in [-0.05, 0) is 97.4 Å². The molecule has 198 valence electrons. The SMILES string of the molecule is C(=C(N1CCCC1)N1CCCC1)c1ccc(N=C(N2CCCC2)N2CCCC2)c2cc3ccccc3cc12. The number of fused-ring (bicyclic) bond motifs is 2. The topological polar surface area (TPSA) is 25.3 Å². The molecule has 0 unspecified atom stereocenters. The molecule has 0 radical (unpaired) electrons. The predicted molar refractivity (Wildman–Crippen MR) is 160 cm³/mol. The van der Waals surface area contributed by atoms with Gasteiger partial charge in [0.15, 0.2) is 0 Å². The van der Waals surface area contributed by atoms with Crippen LogP contribution in [0.3, 0.4) is 0 Å². The van der Waals surface area contributed by atoms with Gasteiger partial charge >= 0.3 is 0 Å². The number of hydrogen-bond acceptors (Lipinski definition) is 3. The maximum Gasteiger partial charge on any atom is 0.201 e. The molecule has 5 heteroatoms. The third kappa shape index (κ3) is 4.61. The summed E-state index contributed by atoms with van der Waals surface area (Å²) in [5.41, 5.74) is 2.43. The maximum absolute atomic E-state index is 5.46. The zero-order valence-corrected chi connectivity index (χ0v) is 22.7. The van der Waals surface area contributed by atoms with E-state index in [1.165, 1.54) is 116 Å². The molecule has 0 N–H and O–H groups in total. The van der Waals surface area contributed by atoms with Crippen molar-refractivity contribution in [2.75, 3.05) is 52.4 Å². The minimum Gasteiger partial charge on any atom is -0.358 e. The molecular formula is C33H41N5. The minimum atomic E-state index is 1.11. The van der Waals surface area contributed by atoms with Crippen LogP contribution in [0.5, 0.6) is 0 Å². The molecule has 0 atom stereocenters. The second-order valence-corrected chi connectivity index (χ2v) is 11.6. The first-order chi connectivity index (χ1) is 18.8. The van der Waals surface area contributed by atoms with Crippen LogP contribution in [-0.4, -0.2) is 77.9 Å². The highest BCUT2D eigenvalue weighted by Gasteiger charge is 2.26. The highest BCUT2D eigenvalue weighted by atomic mass is 15.4. The lowest BCUT2D eigenvalue weighted by atomic mass is 9.98. The molecule has 4 saturated heterocycles. The Hall–Kier alpha value is -3.21. The van der Waals surface area contributed by atoms with E-state index in [-0.39, 0.29) is 0 Å². The first-order valence-corrected chi connectivity index (χ1v) is 15.1. The van der Waals surface area contributed by atoms with Crippen molar-refractivity contribution in [2.24, 2.45) is 4.99 Å². The van der Waals surface area contributed by atoms with E-state index in [4.69, 9.17) is 4.99 Å². The Balaban J connectivity index is 1.39. The summed E-state index contributed by atoms with van der Waals surface area (Å²) >= 11 is 0. The molecule has 4 aliphatic heterocycles. The van der Waals surface area contributed by atoms with Gasteiger partial charge in [-0.25, -0.2) is 4.99 Å². The second-order valence-electron chi connectivity index (χ2n) is 11.6. The third-order valence-electron chi connectivity index (χ3n) is 9.04. The number of benzene rings is 3. The molecule has 38 heavy (non-hydrogen) atoms. The third-order valence-corrected chi connectivity index (χ3v) is 9.04. The first-order valence-electron chi connectivity index (χ1n) is 15.1. The van der Waals surface area contributed by atoms with Crippen molar-refractivity contribution in [1.29, 1.82) is 0 Å².